The Morgan fingerprint density at radius 2 is 1.74 bits per heavy atom. The summed E-state index contributed by atoms with van der Waals surface area (Å²) in [6.45, 7) is 0. The highest BCUT2D eigenvalue weighted by Crippen LogP contribution is 2.07. The average Bonchev–Trinajstić information content (AvgIpc) is 2.40. The summed E-state index contributed by atoms with van der Waals surface area (Å²) in [6.07, 6.45) is 1.30. The van der Waals surface area contributed by atoms with E-state index in [1.807, 2.05) is 0 Å². The predicted octanol–water partition coefficient (Wildman–Crippen LogP) is 2.46. The van der Waals surface area contributed by atoms with Gasteiger partial charge in [0.25, 0.3) is 0 Å². The first-order valence-corrected chi connectivity index (χ1v) is 5.22. The van der Waals surface area contributed by atoms with Crippen LogP contribution >= 0.6 is 0 Å². The molecule has 0 saturated carbocycles. The number of hydrogen-bond acceptors (Lipinski definition) is 2. The summed E-state index contributed by atoms with van der Waals surface area (Å²) in [5.74, 6) is 2.29. The zero-order valence-electron chi connectivity index (χ0n) is 9.52. The summed E-state index contributed by atoms with van der Waals surface area (Å²) < 4.78 is 25.6. The molecule has 3 nitrogen and oxygen atoms in total. The smallest absolute Gasteiger partial charge is 0.354 e. The molecular weight excluding hydrogens is 252 g/mol. The van der Waals surface area contributed by atoms with E-state index in [9.17, 15) is 13.6 Å². The van der Waals surface area contributed by atoms with Gasteiger partial charge in [0.15, 0.2) is 11.6 Å². The molecule has 0 aliphatic carbocycles. The quantitative estimate of drug-likeness (QED) is 0.800. The van der Waals surface area contributed by atoms with Crippen LogP contribution in [0.5, 0.6) is 0 Å². The van der Waals surface area contributed by atoms with Crippen LogP contribution in [0.1, 0.15) is 21.6 Å². The standard InChI is InChI=1S/C14H7F2NO2/c15-11-5-3-9(7-12(11)16)1-2-10-4-6-13(14(18)19)17-8-10/h3-8H,(H,18,19). The van der Waals surface area contributed by atoms with Gasteiger partial charge in [0.1, 0.15) is 5.69 Å². The van der Waals surface area contributed by atoms with E-state index in [0.717, 1.165) is 12.1 Å². The number of aromatic nitrogens is 1. The molecule has 1 aromatic carbocycles. The number of carboxylic acids is 1. The van der Waals surface area contributed by atoms with Crippen molar-refractivity contribution in [2.75, 3.05) is 0 Å². The Morgan fingerprint density at radius 3 is 2.32 bits per heavy atom. The molecule has 0 bridgehead atoms. The van der Waals surface area contributed by atoms with Crippen molar-refractivity contribution in [3.05, 3.63) is 65.0 Å². The van der Waals surface area contributed by atoms with Gasteiger partial charge in [-0.1, -0.05) is 11.8 Å². The monoisotopic (exact) mass is 259 g/mol. The van der Waals surface area contributed by atoms with Crippen molar-refractivity contribution in [1.82, 2.24) is 4.98 Å². The van der Waals surface area contributed by atoms with Crippen LogP contribution < -0.4 is 0 Å². The molecule has 94 valence electrons. The third-order valence-corrected chi connectivity index (χ3v) is 2.25. The third-order valence-electron chi connectivity index (χ3n) is 2.25. The number of nitrogens with zero attached hydrogens (tertiary/aromatic N) is 1. The number of hydrogen-bond donors (Lipinski definition) is 1. The molecule has 0 aliphatic heterocycles. The number of halogens is 2. The van der Waals surface area contributed by atoms with Crippen LogP contribution in [0.2, 0.25) is 0 Å². The lowest BCUT2D eigenvalue weighted by Gasteiger charge is -1.94. The highest BCUT2D eigenvalue weighted by molar-refractivity contribution is 5.85. The van der Waals surface area contributed by atoms with Crippen LogP contribution in [0.4, 0.5) is 8.78 Å². The first kappa shape index (κ1) is 12.7. The fourth-order valence-corrected chi connectivity index (χ4v) is 1.31. The van der Waals surface area contributed by atoms with Gasteiger partial charge in [-0.3, -0.25) is 0 Å². The lowest BCUT2D eigenvalue weighted by molar-refractivity contribution is 0.0690. The number of benzene rings is 1. The van der Waals surface area contributed by atoms with Crippen LogP contribution in [-0.2, 0) is 0 Å². The molecule has 2 aromatic rings. The SMILES string of the molecule is O=C(O)c1ccc(C#Cc2ccc(F)c(F)c2)cn1. The molecule has 19 heavy (non-hydrogen) atoms. The maximum atomic E-state index is 12.9. The summed E-state index contributed by atoms with van der Waals surface area (Å²) in [6, 6.07) is 6.14. The molecule has 1 heterocycles. The topological polar surface area (TPSA) is 50.2 Å². The second-order valence-electron chi connectivity index (χ2n) is 3.62. The first-order valence-electron chi connectivity index (χ1n) is 5.22. The largest absolute Gasteiger partial charge is 0.477 e. The molecule has 0 spiro atoms. The summed E-state index contributed by atoms with van der Waals surface area (Å²) >= 11 is 0. The molecule has 1 aromatic heterocycles. The molecule has 0 fully saturated rings. The van der Waals surface area contributed by atoms with Gasteiger partial charge in [-0.2, -0.15) is 0 Å². The van der Waals surface area contributed by atoms with E-state index in [4.69, 9.17) is 5.11 Å². The van der Waals surface area contributed by atoms with Crippen LogP contribution in [0.15, 0.2) is 36.5 Å². The van der Waals surface area contributed by atoms with Gasteiger partial charge in [0.2, 0.25) is 0 Å². The van der Waals surface area contributed by atoms with E-state index >= 15 is 0 Å². The Bertz CT molecular complexity index is 685. The van der Waals surface area contributed by atoms with Gasteiger partial charge in [0.05, 0.1) is 0 Å². The van der Waals surface area contributed by atoms with E-state index in [0.29, 0.717) is 11.1 Å². The lowest BCUT2D eigenvalue weighted by atomic mass is 10.2. The van der Waals surface area contributed by atoms with Crippen LogP contribution in [0, 0.1) is 23.5 Å². The first-order chi connectivity index (χ1) is 9.06. The molecule has 0 aliphatic rings. The molecule has 5 heteroatoms. The van der Waals surface area contributed by atoms with Gasteiger partial charge in [-0.25, -0.2) is 18.6 Å². The summed E-state index contributed by atoms with van der Waals surface area (Å²) in [4.78, 5) is 14.3. The summed E-state index contributed by atoms with van der Waals surface area (Å²) in [7, 11) is 0. The average molecular weight is 259 g/mol. The van der Waals surface area contributed by atoms with Gasteiger partial charge in [-0.15, -0.1) is 0 Å². The van der Waals surface area contributed by atoms with Crippen molar-refractivity contribution in [2.45, 2.75) is 0 Å². The number of pyridine rings is 1. The molecule has 0 amide bonds. The number of rotatable bonds is 1. The van der Waals surface area contributed by atoms with Crippen molar-refractivity contribution in [2.24, 2.45) is 0 Å². The molecule has 2 rings (SSSR count). The molecule has 1 N–H and O–H groups in total. The van der Waals surface area contributed by atoms with Crippen molar-refractivity contribution in [1.29, 1.82) is 0 Å². The highest BCUT2D eigenvalue weighted by Gasteiger charge is 2.02. The molecule has 0 atom stereocenters. The van der Waals surface area contributed by atoms with Gasteiger partial charge < -0.3 is 5.11 Å². The maximum Gasteiger partial charge on any atom is 0.354 e. The Labute approximate surface area is 107 Å². The minimum Gasteiger partial charge on any atom is -0.477 e. The van der Waals surface area contributed by atoms with Gasteiger partial charge in [-0.05, 0) is 30.3 Å². The second kappa shape index (κ2) is 5.27. The number of carboxylic acid groups (broad SMARTS) is 1. The van der Waals surface area contributed by atoms with Gasteiger partial charge >= 0.3 is 5.97 Å². The fraction of sp³-hybridized carbons (Fsp3) is 0. The molecular formula is C14H7F2NO2. The Kier molecular flexibility index (Phi) is 3.53. The third kappa shape index (κ3) is 3.13. The Hall–Kier alpha value is -2.74. The fourth-order valence-electron chi connectivity index (χ4n) is 1.31. The second-order valence-corrected chi connectivity index (χ2v) is 3.62. The lowest BCUT2D eigenvalue weighted by Crippen LogP contribution is -1.99. The number of aromatic carboxylic acids is 1. The van der Waals surface area contributed by atoms with E-state index < -0.39 is 17.6 Å². The van der Waals surface area contributed by atoms with E-state index in [2.05, 4.69) is 16.8 Å². The van der Waals surface area contributed by atoms with E-state index in [1.165, 1.54) is 24.4 Å². The highest BCUT2D eigenvalue weighted by atomic mass is 19.2. The van der Waals surface area contributed by atoms with Crippen molar-refractivity contribution >= 4 is 5.97 Å². The Balaban J connectivity index is 2.23. The Morgan fingerprint density at radius 1 is 1.05 bits per heavy atom. The van der Waals surface area contributed by atoms with E-state index in [1.54, 1.807) is 0 Å². The van der Waals surface area contributed by atoms with Crippen molar-refractivity contribution in [3.8, 4) is 11.8 Å². The van der Waals surface area contributed by atoms with Crippen LogP contribution in [0.25, 0.3) is 0 Å². The van der Waals surface area contributed by atoms with Crippen LogP contribution in [0.3, 0.4) is 0 Å². The zero-order chi connectivity index (χ0) is 13.8. The minimum atomic E-state index is -1.12. The molecule has 0 radical (unpaired) electrons. The van der Waals surface area contributed by atoms with Crippen LogP contribution in [-0.4, -0.2) is 16.1 Å². The summed E-state index contributed by atoms with van der Waals surface area (Å²) in [5.41, 5.74) is 0.717. The molecule has 0 saturated heterocycles. The zero-order valence-corrected chi connectivity index (χ0v) is 9.52. The molecule has 0 unspecified atom stereocenters. The normalized spacial score (nSPS) is 9.58. The van der Waals surface area contributed by atoms with Crippen molar-refractivity contribution in [3.63, 3.8) is 0 Å². The van der Waals surface area contributed by atoms with Gasteiger partial charge in [0, 0.05) is 17.3 Å². The van der Waals surface area contributed by atoms with E-state index in [-0.39, 0.29) is 5.69 Å². The number of carbonyl (C=O) groups is 1. The van der Waals surface area contributed by atoms with Crippen molar-refractivity contribution < 1.29 is 18.7 Å². The minimum absolute atomic E-state index is 0.0848. The summed E-state index contributed by atoms with van der Waals surface area (Å²) in [5, 5.41) is 8.66. The maximum absolute atomic E-state index is 12.9. The predicted molar refractivity (Wildman–Crippen MR) is 63.5 cm³/mol.